The first-order valence-electron chi connectivity index (χ1n) is 2.34. The van der Waals surface area contributed by atoms with Gasteiger partial charge in [-0.25, -0.2) is 4.79 Å². The first-order chi connectivity index (χ1) is 4.29. The molecule has 4 nitrogen and oxygen atoms in total. The van der Waals surface area contributed by atoms with E-state index in [1.807, 2.05) is 0 Å². The molecule has 0 atom stereocenters. The molecule has 0 aromatic carbocycles. The number of H-pyrrole nitrogens is 1. The maximum Gasteiger partial charge on any atom is 0.344 e. The van der Waals surface area contributed by atoms with Crippen molar-refractivity contribution in [3.63, 3.8) is 0 Å². The van der Waals surface area contributed by atoms with Crippen LogP contribution in [0.4, 0.5) is 0 Å². The van der Waals surface area contributed by atoms with Gasteiger partial charge in [0.15, 0.2) is 5.43 Å². The Labute approximate surface area is 50.2 Å². The molecule has 0 fully saturated rings. The highest BCUT2D eigenvalue weighted by Crippen LogP contribution is 1.54. The predicted octanol–water partition coefficient (Wildman–Crippen LogP) is -0.870. The van der Waals surface area contributed by atoms with E-state index in [9.17, 15) is 9.59 Å². The maximum atomic E-state index is 10.4. The van der Waals surface area contributed by atoms with Crippen LogP contribution in [0.15, 0.2) is 28.0 Å². The molecule has 1 aromatic rings. The fourth-order valence-corrected chi connectivity index (χ4v) is 0.398. The van der Waals surface area contributed by atoms with Gasteiger partial charge in [0.05, 0.1) is 6.20 Å². The zero-order valence-electron chi connectivity index (χ0n) is 4.50. The van der Waals surface area contributed by atoms with Crippen LogP contribution in [0, 0.1) is 0 Å². The summed E-state index contributed by atoms with van der Waals surface area (Å²) in [4.78, 5) is 26.2. The Bertz CT molecular complexity index is 274. The fraction of sp³-hybridized carbons (Fsp3) is 0. The largest absolute Gasteiger partial charge is 0.344 e. The second-order valence-electron chi connectivity index (χ2n) is 1.44. The van der Waals surface area contributed by atoms with E-state index in [1.54, 1.807) is 0 Å². The van der Waals surface area contributed by atoms with Crippen LogP contribution in [0.3, 0.4) is 0 Å². The first-order valence-corrected chi connectivity index (χ1v) is 2.34. The fourth-order valence-electron chi connectivity index (χ4n) is 0.398. The van der Waals surface area contributed by atoms with E-state index in [4.69, 9.17) is 0 Å². The van der Waals surface area contributed by atoms with E-state index >= 15 is 0 Å². The van der Waals surface area contributed by atoms with E-state index in [0.29, 0.717) is 0 Å². The standard InChI is InChI=1S/C5H4N2O2/c8-4-1-2-6-5(9)7-3-4/h1-3H,(H,6,9). The van der Waals surface area contributed by atoms with Crippen LogP contribution in [0.25, 0.3) is 0 Å². The van der Waals surface area contributed by atoms with Crippen molar-refractivity contribution in [1.82, 2.24) is 9.97 Å². The number of nitrogens with one attached hydrogen (secondary N) is 1. The summed E-state index contributed by atoms with van der Waals surface area (Å²) in [6.07, 6.45) is 2.23. The number of rotatable bonds is 0. The van der Waals surface area contributed by atoms with Gasteiger partial charge in [0, 0.05) is 12.3 Å². The topological polar surface area (TPSA) is 62.8 Å². The van der Waals surface area contributed by atoms with Gasteiger partial charge in [0.2, 0.25) is 0 Å². The molecular formula is C5H4N2O2. The van der Waals surface area contributed by atoms with E-state index in [0.717, 1.165) is 6.20 Å². The van der Waals surface area contributed by atoms with E-state index in [-0.39, 0.29) is 5.43 Å². The Balaban J connectivity index is 3.51. The van der Waals surface area contributed by atoms with Crippen molar-refractivity contribution in [2.24, 2.45) is 0 Å². The van der Waals surface area contributed by atoms with Crippen LogP contribution >= 0.6 is 0 Å². The molecule has 0 radical (unpaired) electrons. The Morgan fingerprint density at radius 1 is 1.44 bits per heavy atom. The molecule has 1 N–H and O–H groups in total. The summed E-state index contributed by atoms with van der Waals surface area (Å²) in [7, 11) is 0. The zero-order valence-corrected chi connectivity index (χ0v) is 4.50. The summed E-state index contributed by atoms with van der Waals surface area (Å²) in [5.74, 6) is 0. The smallest absolute Gasteiger partial charge is 0.313 e. The summed E-state index contributed by atoms with van der Waals surface area (Å²) in [6, 6.07) is 1.23. The molecule has 4 heteroatoms. The summed E-state index contributed by atoms with van der Waals surface area (Å²) >= 11 is 0. The molecule has 1 aromatic heterocycles. The highest BCUT2D eigenvalue weighted by atomic mass is 16.1. The van der Waals surface area contributed by atoms with Gasteiger partial charge in [-0.05, 0) is 0 Å². The predicted molar refractivity (Wildman–Crippen MR) is 31.1 cm³/mol. The van der Waals surface area contributed by atoms with Crippen LogP contribution < -0.4 is 11.1 Å². The lowest BCUT2D eigenvalue weighted by Crippen LogP contribution is -2.04. The molecule has 0 saturated carbocycles. The van der Waals surface area contributed by atoms with E-state index < -0.39 is 5.69 Å². The quantitative estimate of drug-likeness (QED) is 0.489. The van der Waals surface area contributed by atoms with Crippen molar-refractivity contribution >= 4 is 0 Å². The van der Waals surface area contributed by atoms with Gasteiger partial charge >= 0.3 is 5.69 Å². The summed E-state index contributed by atoms with van der Waals surface area (Å²) in [5, 5.41) is 0. The number of aromatic nitrogens is 2. The van der Waals surface area contributed by atoms with Crippen molar-refractivity contribution < 1.29 is 0 Å². The van der Waals surface area contributed by atoms with E-state index in [2.05, 4.69) is 9.97 Å². The normalized spacial score (nSPS) is 8.89. The molecule has 0 unspecified atom stereocenters. The molecule has 0 spiro atoms. The SMILES string of the molecule is O=c1cc[nH]c(=O)nc1. The van der Waals surface area contributed by atoms with Crippen molar-refractivity contribution in [1.29, 1.82) is 0 Å². The highest BCUT2D eigenvalue weighted by Gasteiger charge is 1.77. The van der Waals surface area contributed by atoms with Gasteiger partial charge in [0.1, 0.15) is 0 Å². The van der Waals surface area contributed by atoms with Gasteiger partial charge in [-0.15, -0.1) is 0 Å². The van der Waals surface area contributed by atoms with E-state index in [1.165, 1.54) is 12.3 Å². The average Bonchev–Trinajstić information content (AvgIpc) is 1.97. The summed E-state index contributed by atoms with van der Waals surface area (Å²) in [5.41, 5.74) is -0.801. The second-order valence-corrected chi connectivity index (χ2v) is 1.44. The van der Waals surface area contributed by atoms with Gasteiger partial charge < -0.3 is 4.98 Å². The number of hydrogen-bond acceptors (Lipinski definition) is 3. The molecule has 0 aliphatic rings. The number of aromatic amines is 1. The third-order valence-corrected chi connectivity index (χ3v) is 0.763. The lowest BCUT2D eigenvalue weighted by atomic mass is 10.6. The summed E-state index contributed by atoms with van der Waals surface area (Å²) in [6.45, 7) is 0. The van der Waals surface area contributed by atoms with Crippen LogP contribution in [0.1, 0.15) is 0 Å². The Hall–Kier alpha value is -1.45. The molecule has 1 rings (SSSR count). The molecule has 0 saturated heterocycles. The van der Waals surface area contributed by atoms with Crippen molar-refractivity contribution in [3.05, 3.63) is 39.2 Å². The molecule has 0 aliphatic carbocycles. The minimum Gasteiger partial charge on any atom is -0.313 e. The highest BCUT2D eigenvalue weighted by molar-refractivity contribution is 4.83. The minimum atomic E-state index is -0.517. The van der Waals surface area contributed by atoms with Crippen molar-refractivity contribution in [2.45, 2.75) is 0 Å². The molecule has 1 heterocycles. The molecule has 0 amide bonds. The van der Waals surface area contributed by atoms with Crippen LogP contribution in [0.5, 0.6) is 0 Å². The summed E-state index contributed by atoms with van der Waals surface area (Å²) < 4.78 is 0. The minimum absolute atomic E-state index is 0.284. The Morgan fingerprint density at radius 2 is 2.22 bits per heavy atom. The lowest BCUT2D eigenvalue weighted by molar-refractivity contribution is 1.12. The zero-order chi connectivity index (χ0) is 6.69. The van der Waals surface area contributed by atoms with Crippen molar-refractivity contribution in [2.75, 3.05) is 0 Å². The molecule has 0 aliphatic heterocycles. The van der Waals surface area contributed by atoms with Gasteiger partial charge in [-0.1, -0.05) is 0 Å². The molecule has 46 valence electrons. The number of hydrogen-bond donors (Lipinski definition) is 1. The van der Waals surface area contributed by atoms with Crippen LogP contribution in [0.2, 0.25) is 0 Å². The Morgan fingerprint density at radius 3 is 3.00 bits per heavy atom. The average molecular weight is 124 g/mol. The van der Waals surface area contributed by atoms with Gasteiger partial charge in [-0.2, -0.15) is 4.98 Å². The molecular weight excluding hydrogens is 120 g/mol. The number of nitrogens with zero attached hydrogens (tertiary/aromatic N) is 1. The van der Waals surface area contributed by atoms with Crippen LogP contribution in [-0.4, -0.2) is 9.97 Å². The third-order valence-electron chi connectivity index (χ3n) is 0.763. The first kappa shape index (κ1) is 5.68. The lowest BCUT2D eigenvalue weighted by Gasteiger charge is -1.60. The molecule has 9 heavy (non-hydrogen) atoms. The second kappa shape index (κ2) is 2.21. The Kier molecular flexibility index (Phi) is 1.40. The van der Waals surface area contributed by atoms with Crippen molar-refractivity contribution in [3.8, 4) is 0 Å². The maximum absolute atomic E-state index is 10.4. The van der Waals surface area contributed by atoms with Crippen LogP contribution in [-0.2, 0) is 0 Å². The van der Waals surface area contributed by atoms with Gasteiger partial charge in [-0.3, -0.25) is 4.79 Å². The molecule has 0 bridgehead atoms. The monoisotopic (exact) mass is 124 g/mol. The third kappa shape index (κ3) is 1.49. The van der Waals surface area contributed by atoms with Gasteiger partial charge in [0.25, 0.3) is 0 Å².